The molecule has 143 valence electrons. The normalized spacial score (nSPS) is 11.0. The van der Waals surface area contributed by atoms with Crippen molar-refractivity contribution in [2.24, 2.45) is 0 Å². The molecule has 1 radical (unpaired) electrons. The summed E-state index contributed by atoms with van der Waals surface area (Å²) < 4.78 is 2.17. The Morgan fingerprint density at radius 2 is 1.38 bits per heavy atom. The van der Waals surface area contributed by atoms with E-state index in [2.05, 4.69) is 41.1 Å². The van der Waals surface area contributed by atoms with Gasteiger partial charge in [0.25, 0.3) is 0 Å². The van der Waals surface area contributed by atoms with Crippen molar-refractivity contribution in [2.45, 2.75) is 18.8 Å². The van der Waals surface area contributed by atoms with Crippen LogP contribution in [0.25, 0.3) is 0 Å². The fourth-order valence-electron chi connectivity index (χ4n) is 3.51. The van der Waals surface area contributed by atoms with E-state index in [9.17, 15) is 0 Å². The Morgan fingerprint density at radius 3 is 2.00 bits per heavy atom. The summed E-state index contributed by atoms with van der Waals surface area (Å²) in [6.45, 7) is 0.855. The third-order valence-electron chi connectivity index (χ3n) is 5.03. The Bertz CT molecular complexity index is 1030. The number of aryl methyl sites for hydroxylation is 2. The number of halogens is 2. The highest BCUT2D eigenvalue weighted by atomic mass is 35.5. The molecule has 5 heteroatoms. The predicted octanol–water partition coefficient (Wildman–Crippen LogP) is 5.55. The first kappa shape index (κ1) is 19.8. The van der Waals surface area contributed by atoms with Crippen LogP contribution in [0.1, 0.15) is 22.5 Å². The van der Waals surface area contributed by atoms with Crippen LogP contribution in [-0.2, 0) is 13.0 Å². The Hall–Kier alpha value is -2.49. The molecule has 0 saturated heterocycles. The lowest BCUT2D eigenvalue weighted by molar-refractivity contribution is 0.712. The SMILES string of the molecule is Clc1ccccc1C([B]c1nccn1CCc1ccccc1)c1ccccc1Cl. The molecule has 0 fully saturated rings. The number of hydrogen-bond donors (Lipinski definition) is 0. The molecule has 0 N–H and O–H groups in total. The predicted molar refractivity (Wildman–Crippen MR) is 123 cm³/mol. The molecular formula is C24H20BCl2N2. The van der Waals surface area contributed by atoms with Gasteiger partial charge in [0, 0.05) is 29.0 Å². The van der Waals surface area contributed by atoms with E-state index >= 15 is 0 Å². The van der Waals surface area contributed by atoms with Gasteiger partial charge in [-0.3, -0.25) is 4.98 Å². The summed E-state index contributed by atoms with van der Waals surface area (Å²) in [6, 6.07) is 26.3. The van der Waals surface area contributed by atoms with Crippen LogP contribution >= 0.6 is 23.2 Å². The summed E-state index contributed by atoms with van der Waals surface area (Å²) in [7, 11) is 2.15. The first-order valence-electron chi connectivity index (χ1n) is 9.61. The van der Waals surface area contributed by atoms with Gasteiger partial charge in [-0.15, -0.1) is 0 Å². The van der Waals surface area contributed by atoms with Crippen molar-refractivity contribution in [3.8, 4) is 0 Å². The second kappa shape index (κ2) is 9.34. The molecule has 0 aliphatic heterocycles. The summed E-state index contributed by atoms with van der Waals surface area (Å²) in [4.78, 5) is 4.60. The number of imidazole rings is 1. The van der Waals surface area contributed by atoms with Gasteiger partial charge in [-0.05, 0) is 41.1 Å². The first-order valence-corrected chi connectivity index (χ1v) is 10.4. The van der Waals surface area contributed by atoms with E-state index in [0.717, 1.165) is 39.9 Å². The molecule has 29 heavy (non-hydrogen) atoms. The number of aromatic nitrogens is 2. The second-order valence-corrected chi connectivity index (χ2v) is 7.72. The zero-order valence-electron chi connectivity index (χ0n) is 15.9. The van der Waals surface area contributed by atoms with Gasteiger partial charge >= 0.3 is 0 Å². The lowest BCUT2D eigenvalue weighted by Gasteiger charge is -2.20. The number of rotatable bonds is 7. The van der Waals surface area contributed by atoms with E-state index in [0.29, 0.717) is 0 Å². The number of benzene rings is 3. The van der Waals surface area contributed by atoms with Gasteiger partial charge in [0.2, 0.25) is 7.28 Å². The summed E-state index contributed by atoms with van der Waals surface area (Å²) in [5, 5.41) is 1.44. The van der Waals surface area contributed by atoms with Crippen LogP contribution in [0.3, 0.4) is 0 Å². The molecule has 1 aromatic heterocycles. The summed E-state index contributed by atoms with van der Waals surface area (Å²) >= 11 is 13.1. The lowest BCUT2D eigenvalue weighted by Crippen LogP contribution is -2.32. The second-order valence-electron chi connectivity index (χ2n) is 6.90. The van der Waals surface area contributed by atoms with Gasteiger partial charge in [-0.2, -0.15) is 0 Å². The average molecular weight is 418 g/mol. The highest BCUT2D eigenvalue weighted by molar-refractivity contribution is 6.54. The van der Waals surface area contributed by atoms with Crippen molar-refractivity contribution in [3.05, 3.63) is 118 Å². The molecule has 0 amide bonds. The molecule has 0 saturated carbocycles. The van der Waals surface area contributed by atoms with Crippen molar-refractivity contribution < 1.29 is 0 Å². The van der Waals surface area contributed by atoms with Gasteiger partial charge in [-0.1, -0.05) is 89.9 Å². The van der Waals surface area contributed by atoms with Crippen molar-refractivity contribution in [2.75, 3.05) is 0 Å². The quantitative estimate of drug-likeness (QED) is 0.360. The van der Waals surface area contributed by atoms with Crippen LogP contribution in [0.5, 0.6) is 0 Å². The van der Waals surface area contributed by atoms with E-state index in [1.807, 2.05) is 67.0 Å². The topological polar surface area (TPSA) is 17.8 Å². The first-order chi connectivity index (χ1) is 14.2. The Labute approximate surface area is 182 Å². The fraction of sp³-hybridized carbons (Fsp3) is 0.125. The van der Waals surface area contributed by atoms with Crippen LogP contribution in [0.4, 0.5) is 0 Å². The van der Waals surface area contributed by atoms with E-state index < -0.39 is 0 Å². The van der Waals surface area contributed by atoms with E-state index in [4.69, 9.17) is 23.2 Å². The number of hydrogen-bond acceptors (Lipinski definition) is 1. The van der Waals surface area contributed by atoms with Crippen LogP contribution in [0, 0.1) is 0 Å². The van der Waals surface area contributed by atoms with E-state index in [1.54, 1.807) is 0 Å². The van der Waals surface area contributed by atoms with Crippen molar-refractivity contribution >= 4 is 36.2 Å². The zero-order valence-corrected chi connectivity index (χ0v) is 17.4. The molecular weight excluding hydrogens is 398 g/mol. The minimum absolute atomic E-state index is 0.0877. The maximum absolute atomic E-state index is 6.55. The minimum atomic E-state index is -0.0877. The van der Waals surface area contributed by atoms with Crippen molar-refractivity contribution in [1.82, 2.24) is 9.55 Å². The summed E-state index contributed by atoms with van der Waals surface area (Å²) in [5.74, 6) is -0.0877. The third kappa shape index (κ3) is 4.75. The average Bonchev–Trinajstić information content (AvgIpc) is 3.19. The maximum atomic E-state index is 6.55. The summed E-state index contributed by atoms with van der Waals surface area (Å²) in [5.41, 5.74) is 4.24. The standard InChI is InChI=1S/C24H20BCl2N2/c26-21-12-6-4-10-19(21)23(20-11-5-7-13-22(20)27)25-24-28-15-17-29(24)16-14-18-8-2-1-3-9-18/h1-13,15,17,23H,14,16H2. The highest BCUT2D eigenvalue weighted by Gasteiger charge is 2.23. The highest BCUT2D eigenvalue weighted by Crippen LogP contribution is 2.33. The molecule has 0 unspecified atom stereocenters. The molecule has 4 aromatic rings. The lowest BCUT2D eigenvalue weighted by atomic mass is 9.58. The van der Waals surface area contributed by atoms with E-state index in [-0.39, 0.29) is 5.82 Å². The molecule has 0 bridgehead atoms. The summed E-state index contributed by atoms with van der Waals surface area (Å²) in [6.07, 6.45) is 4.80. The minimum Gasteiger partial charge on any atom is -0.343 e. The van der Waals surface area contributed by atoms with Crippen LogP contribution < -0.4 is 5.72 Å². The Balaban J connectivity index is 1.63. The van der Waals surface area contributed by atoms with Crippen molar-refractivity contribution in [1.29, 1.82) is 0 Å². The molecule has 0 spiro atoms. The molecule has 1 heterocycles. The smallest absolute Gasteiger partial charge is 0.215 e. The van der Waals surface area contributed by atoms with E-state index in [1.165, 1.54) is 5.56 Å². The third-order valence-corrected chi connectivity index (χ3v) is 5.72. The number of nitrogens with zero attached hydrogens (tertiary/aromatic N) is 2. The largest absolute Gasteiger partial charge is 0.343 e. The zero-order chi connectivity index (χ0) is 20.1. The Morgan fingerprint density at radius 1 is 0.793 bits per heavy atom. The van der Waals surface area contributed by atoms with Gasteiger partial charge in [0.15, 0.2) is 0 Å². The monoisotopic (exact) mass is 417 g/mol. The fourth-order valence-corrected chi connectivity index (χ4v) is 4.02. The molecule has 3 aromatic carbocycles. The van der Waals surface area contributed by atoms with Crippen LogP contribution in [0.2, 0.25) is 10.0 Å². The molecule has 4 rings (SSSR count). The van der Waals surface area contributed by atoms with Gasteiger partial charge in [0.05, 0.1) is 5.72 Å². The molecule has 0 atom stereocenters. The van der Waals surface area contributed by atoms with Gasteiger partial charge in [-0.25, -0.2) is 0 Å². The molecule has 0 aliphatic rings. The maximum Gasteiger partial charge on any atom is 0.215 e. The van der Waals surface area contributed by atoms with Crippen LogP contribution in [0.15, 0.2) is 91.3 Å². The Kier molecular flexibility index (Phi) is 6.38. The van der Waals surface area contributed by atoms with Crippen molar-refractivity contribution in [3.63, 3.8) is 0 Å². The molecule has 0 aliphatic carbocycles. The van der Waals surface area contributed by atoms with Crippen LogP contribution in [-0.4, -0.2) is 16.8 Å². The van der Waals surface area contributed by atoms with Gasteiger partial charge < -0.3 is 4.57 Å². The van der Waals surface area contributed by atoms with Gasteiger partial charge in [0.1, 0.15) is 0 Å². The molecule has 2 nitrogen and oxygen atoms in total.